The molecule has 5 heteroatoms. The summed E-state index contributed by atoms with van der Waals surface area (Å²) in [6, 6.07) is 12.6. The minimum atomic E-state index is -0.716. The molecule has 1 amide bonds. The molecule has 2 aromatic rings. The van der Waals surface area contributed by atoms with Crippen molar-refractivity contribution in [2.75, 3.05) is 12.4 Å². The number of hydrogen-bond acceptors (Lipinski definition) is 3. The van der Waals surface area contributed by atoms with Crippen LogP contribution >= 0.6 is 0 Å². The van der Waals surface area contributed by atoms with Crippen molar-refractivity contribution >= 4 is 11.6 Å². The van der Waals surface area contributed by atoms with Crippen molar-refractivity contribution in [1.82, 2.24) is 0 Å². The van der Waals surface area contributed by atoms with Gasteiger partial charge in [-0.3, -0.25) is 4.79 Å². The third-order valence-corrected chi connectivity index (χ3v) is 2.85. The minimum absolute atomic E-state index is 0.326. The van der Waals surface area contributed by atoms with E-state index < -0.39 is 6.10 Å². The molecule has 1 atom stereocenters. The monoisotopic (exact) mass is 289 g/mol. The lowest BCUT2D eigenvalue weighted by molar-refractivity contribution is -0.122. The Morgan fingerprint density at radius 3 is 2.33 bits per heavy atom. The van der Waals surface area contributed by atoms with Gasteiger partial charge < -0.3 is 14.8 Å². The summed E-state index contributed by atoms with van der Waals surface area (Å²) < 4.78 is 23.5. The topological polar surface area (TPSA) is 47.6 Å². The summed E-state index contributed by atoms with van der Waals surface area (Å²) in [7, 11) is 1.53. The Morgan fingerprint density at radius 2 is 1.71 bits per heavy atom. The predicted octanol–water partition coefficient (Wildman–Crippen LogP) is 3.24. The molecule has 1 N–H and O–H groups in total. The number of methoxy groups -OCH3 is 1. The van der Waals surface area contributed by atoms with Crippen molar-refractivity contribution in [1.29, 1.82) is 0 Å². The smallest absolute Gasteiger partial charge is 0.265 e. The SMILES string of the molecule is COc1ccccc1OC(C)C(=O)Nc1ccc(F)cc1. The number of amides is 1. The van der Waals surface area contributed by atoms with Crippen molar-refractivity contribution in [3.8, 4) is 11.5 Å². The first-order valence-electron chi connectivity index (χ1n) is 6.46. The van der Waals surface area contributed by atoms with Gasteiger partial charge in [0.05, 0.1) is 7.11 Å². The van der Waals surface area contributed by atoms with Gasteiger partial charge in [0.1, 0.15) is 5.82 Å². The average molecular weight is 289 g/mol. The van der Waals surface area contributed by atoms with Crippen LogP contribution in [0.4, 0.5) is 10.1 Å². The Kier molecular flexibility index (Phi) is 4.77. The summed E-state index contributed by atoms with van der Waals surface area (Å²) in [5.74, 6) is 0.361. The zero-order valence-corrected chi connectivity index (χ0v) is 11.8. The van der Waals surface area contributed by atoms with Gasteiger partial charge in [-0.05, 0) is 43.3 Å². The molecule has 0 aliphatic heterocycles. The Hall–Kier alpha value is -2.56. The third kappa shape index (κ3) is 3.95. The van der Waals surface area contributed by atoms with E-state index in [0.29, 0.717) is 17.2 Å². The van der Waals surface area contributed by atoms with Gasteiger partial charge in [0.25, 0.3) is 5.91 Å². The quantitative estimate of drug-likeness (QED) is 0.919. The highest BCUT2D eigenvalue weighted by molar-refractivity contribution is 5.94. The van der Waals surface area contributed by atoms with E-state index >= 15 is 0 Å². The maximum atomic E-state index is 12.8. The predicted molar refractivity (Wildman–Crippen MR) is 78.1 cm³/mol. The van der Waals surface area contributed by atoms with Gasteiger partial charge in [-0.25, -0.2) is 4.39 Å². The molecule has 0 aliphatic carbocycles. The summed E-state index contributed by atoms with van der Waals surface area (Å²) in [5.41, 5.74) is 0.511. The highest BCUT2D eigenvalue weighted by Crippen LogP contribution is 2.26. The van der Waals surface area contributed by atoms with Gasteiger partial charge in [-0.1, -0.05) is 12.1 Å². The molecule has 21 heavy (non-hydrogen) atoms. The van der Waals surface area contributed by atoms with Crippen LogP contribution in [0.3, 0.4) is 0 Å². The fourth-order valence-corrected chi connectivity index (χ4v) is 1.74. The number of halogens is 1. The van der Waals surface area contributed by atoms with Crippen LogP contribution in [0.1, 0.15) is 6.92 Å². The van der Waals surface area contributed by atoms with Crippen LogP contribution in [-0.4, -0.2) is 19.1 Å². The van der Waals surface area contributed by atoms with Crippen LogP contribution in [-0.2, 0) is 4.79 Å². The summed E-state index contributed by atoms with van der Waals surface area (Å²) >= 11 is 0. The number of rotatable bonds is 5. The Balaban J connectivity index is 2.01. The lowest BCUT2D eigenvalue weighted by Gasteiger charge is -2.16. The van der Waals surface area contributed by atoms with Gasteiger partial charge in [-0.15, -0.1) is 0 Å². The second-order valence-electron chi connectivity index (χ2n) is 4.41. The van der Waals surface area contributed by atoms with Crippen LogP contribution in [0.25, 0.3) is 0 Å². The number of benzene rings is 2. The summed E-state index contributed by atoms with van der Waals surface area (Å²) in [6.07, 6.45) is -0.716. The molecule has 2 aromatic carbocycles. The van der Waals surface area contributed by atoms with Crippen molar-refractivity contribution < 1.29 is 18.7 Å². The van der Waals surface area contributed by atoms with Crippen molar-refractivity contribution in [3.63, 3.8) is 0 Å². The van der Waals surface area contributed by atoms with Gasteiger partial charge in [0, 0.05) is 5.69 Å². The molecule has 0 saturated carbocycles. The molecule has 0 saturated heterocycles. The Labute approximate surface area is 122 Å². The number of nitrogens with one attached hydrogen (secondary N) is 1. The molecule has 1 unspecified atom stereocenters. The number of carbonyl (C=O) groups is 1. The van der Waals surface area contributed by atoms with E-state index in [1.165, 1.54) is 31.4 Å². The van der Waals surface area contributed by atoms with Crippen LogP contribution in [0.15, 0.2) is 48.5 Å². The first kappa shape index (κ1) is 14.8. The molecular weight excluding hydrogens is 273 g/mol. The lowest BCUT2D eigenvalue weighted by Crippen LogP contribution is -2.30. The first-order chi connectivity index (χ1) is 10.1. The van der Waals surface area contributed by atoms with E-state index in [4.69, 9.17) is 9.47 Å². The first-order valence-corrected chi connectivity index (χ1v) is 6.46. The van der Waals surface area contributed by atoms with E-state index in [2.05, 4.69) is 5.32 Å². The maximum absolute atomic E-state index is 12.8. The molecule has 0 heterocycles. The largest absolute Gasteiger partial charge is 0.493 e. The molecule has 0 radical (unpaired) electrons. The van der Waals surface area contributed by atoms with E-state index in [0.717, 1.165) is 0 Å². The maximum Gasteiger partial charge on any atom is 0.265 e. The average Bonchev–Trinajstić information content (AvgIpc) is 2.50. The van der Waals surface area contributed by atoms with Crippen LogP contribution in [0, 0.1) is 5.82 Å². The van der Waals surface area contributed by atoms with E-state index in [1.807, 2.05) is 6.07 Å². The van der Waals surface area contributed by atoms with Gasteiger partial charge in [0.2, 0.25) is 0 Å². The molecule has 0 spiro atoms. The Bertz CT molecular complexity index is 613. The van der Waals surface area contributed by atoms with Crippen molar-refractivity contribution in [3.05, 3.63) is 54.3 Å². The van der Waals surface area contributed by atoms with Crippen LogP contribution in [0.2, 0.25) is 0 Å². The van der Waals surface area contributed by atoms with Gasteiger partial charge >= 0.3 is 0 Å². The zero-order valence-electron chi connectivity index (χ0n) is 11.8. The van der Waals surface area contributed by atoms with E-state index in [9.17, 15) is 9.18 Å². The fraction of sp³-hybridized carbons (Fsp3) is 0.188. The number of para-hydroxylation sites is 2. The van der Waals surface area contributed by atoms with Crippen LogP contribution < -0.4 is 14.8 Å². The number of hydrogen-bond donors (Lipinski definition) is 1. The normalized spacial score (nSPS) is 11.6. The second kappa shape index (κ2) is 6.74. The lowest BCUT2D eigenvalue weighted by atomic mass is 10.3. The standard InChI is InChI=1S/C16H16FNO3/c1-11(21-15-6-4-3-5-14(15)20-2)16(19)18-13-9-7-12(17)8-10-13/h3-11H,1-2H3,(H,18,19). The second-order valence-corrected chi connectivity index (χ2v) is 4.41. The number of anilines is 1. The molecule has 2 rings (SSSR count). The fourth-order valence-electron chi connectivity index (χ4n) is 1.74. The molecule has 0 aliphatic rings. The molecule has 0 bridgehead atoms. The van der Waals surface area contributed by atoms with E-state index in [1.54, 1.807) is 25.1 Å². The van der Waals surface area contributed by atoms with Gasteiger partial charge in [-0.2, -0.15) is 0 Å². The van der Waals surface area contributed by atoms with E-state index in [-0.39, 0.29) is 11.7 Å². The zero-order chi connectivity index (χ0) is 15.2. The molecule has 0 aromatic heterocycles. The minimum Gasteiger partial charge on any atom is -0.493 e. The number of ether oxygens (including phenoxy) is 2. The third-order valence-electron chi connectivity index (χ3n) is 2.85. The molecule has 0 fully saturated rings. The van der Waals surface area contributed by atoms with Crippen molar-refractivity contribution in [2.45, 2.75) is 13.0 Å². The van der Waals surface area contributed by atoms with Gasteiger partial charge in [0.15, 0.2) is 17.6 Å². The summed E-state index contributed by atoms with van der Waals surface area (Å²) in [6.45, 7) is 1.63. The summed E-state index contributed by atoms with van der Waals surface area (Å²) in [5, 5.41) is 2.66. The Morgan fingerprint density at radius 1 is 1.10 bits per heavy atom. The highest BCUT2D eigenvalue weighted by Gasteiger charge is 2.16. The van der Waals surface area contributed by atoms with Crippen LogP contribution in [0.5, 0.6) is 11.5 Å². The summed E-state index contributed by atoms with van der Waals surface area (Å²) in [4.78, 5) is 12.0. The molecular formula is C16H16FNO3. The van der Waals surface area contributed by atoms with Crippen molar-refractivity contribution in [2.24, 2.45) is 0 Å². The molecule has 110 valence electrons. The number of carbonyl (C=O) groups excluding carboxylic acids is 1. The highest BCUT2D eigenvalue weighted by atomic mass is 19.1. The molecule has 4 nitrogen and oxygen atoms in total.